The van der Waals surface area contributed by atoms with Crippen LogP contribution in [0.2, 0.25) is 0 Å². The van der Waals surface area contributed by atoms with Crippen molar-refractivity contribution in [3.8, 4) is 0 Å². The van der Waals surface area contributed by atoms with Crippen molar-refractivity contribution < 1.29 is 19.4 Å². The Balaban J connectivity index is 2.25. The van der Waals surface area contributed by atoms with Crippen molar-refractivity contribution >= 4 is 5.97 Å². The molecule has 1 aliphatic rings. The van der Waals surface area contributed by atoms with E-state index < -0.39 is 5.60 Å². The van der Waals surface area contributed by atoms with Crippen LogP contribution in [0.5, 0.6) is 0 Å². The number of carbonyl (C=O) groups excluding carboxylic acids is 1. The second kappa shape index (κ2) is 9.16. The monoisotopic (exact) mass is 335 g/mol. The van der Waals surface area contributed by atoms with Crippen LogP contribution in [-0.4, -0.2) is 45.0 Å². The molecule has 24 heavy (non-hydrogen) atoms. The van der Waals surface area contributed by atoms with Gasteiger partial charge >= 0.3 is 5.97 Å². The SMILES string of the molecule is COCCCC[C@](O)(c1cccc(C(=O)OC)c1)[C@@H]1CCCNC1. The van der Waals surface area contributed by atoms with Crippen LogP contribution in [0.25, 0.3) is 0 Å². The van der Waals surface area contributed by atoms with E-state index >= 15 is 0 Å². The summed E-state index contributed by atoms with van der Waals surface area (Å²) in [6.45, 7) is 2.49. The second-order valence-corrected chi connectivity index (χ2v) is 6.49. The van der Waals surface area contributed by atoms with Gasteiger partial charge in [0.2, 0.25) is 0 Å². The summed E-state index contributed by atoms with van der Waals surface area (Å²) in [5, 5.41) is 14.9. The van der Waals surface area contributed by atoms with E-state index in [0.717, 1.165) is 44.3 Å². The Hall–Kier alpha value is -1.43. The smallest absolute Gasteiger partial charge is 0.337 e. The van der Waals surface area contributed by atoms with E-state index in [-0.39, 0.29) is 11.9 Å². The number of carbonyl (C=O) groups is 1. The number of hydrogen-bond acceptors (Lipinski definition) is 5. The first-order valence-corrected chi connectivity index (χ1v) is 8.72. The summed E-state index contributed by atoms with van der Waals surface area (Å²) < 4.78 is 9.93. The van der Waals surface area contributed by atoms with Crippen molar-refractivity contribution in [2.45, 2.75) is 37.7 Å². The van der Waals surface area contributed by atoms with Crippen LogP contribution >= 0.6 is 0 Å². The lowest BCUT2D eigenvalue weighted by Gasteiger charge is -2.39. The number of hydrogen-bond donors (Lipinski definition) is 2. The molecule has 1 aliphatic heterocycles. The minimum Gasteiger partial charge on any atom is -0.465 e. The van der Waals surface area contributed by atoms with Gasteiger partial charge in [-0.25, -0.2) is 4.79 Å². The number of aliphatic hydroxyl groups is 1. The third kappa shape index (κ3) is 4.56. The maximum atomic E-state index is 11.8. The van der Waals surface area contributed by atoms with Gasteiger partial charge in [0.05, 0.1) is 18.3 Å². The maximum absolute atomic E-state index is 11.8. The summed E-state index contributed by atoms with van der Waals surface area (Å²) in [5.41, 5.74) is 0.344. The number of unbranched alkanes of at least 4 members (excludes halogenated alkanes) is 1. The lowest BCUT2D eigenvalue weighted by molar-refractivity contribution is -0.0434. The van der Waals surface area contributed by atoms with Crippen LogP contribution in [0.15, 0.2) is 24.3 Å². The first kappa shape index (κ1) is 18.9. The van der Waals surface area contributed by atoms with Crippen LogP contribution < -0.4 is 5.32 Å². The highest BCUT2D eigenvalue weighted by atomic mass is 16.5. The van der Waals surface area contributed by atoms with Gasteiger partial charge in [-0.05, 0) is 56.3 Å². The quantitative estimate of drug-likeness (QED) is 0.564. The van der Waals surface area contributed by atoms with E-state index in [1.165, 1.54) is 7.11 Å². The van der Waals surface area contributed by atoms with Crippen LogP contribution in [0.4, 0.5) is 0 Å². The zero-order chi connectivity index (χ0) is 17.4. The molecule has 1 fully saturated rings. The highest BCUT2D eigenvalue weighted by Gasteiger charge is 2.38. The Morgan fingerprint density at radius 3 is 2.88 bits per heavy atom. The normalized spacial score (nSPS) is 20.4. The summed E-state index contributed by atoms with van der Waals surface area (Å²) in [7, 11) is 3.06. The van der Waals surface area contributed by atoms with Crippen LogP contribution in [-0.2, 0) is 15.1 Å². The van der Waals surface area contributed by atoms with Crippen LogP contribution in [0.3, 0.4) is 0 Å². The first-order chi connectivity index (χ1) is 11.6. The minimum absolute atomic E-state index is 0.140. The molecule has 5 nitrogen and oxygen atoms in total. The van der Waals surface area contributed by atoms with Crippen LogP contribution in [0.1, 0.15) is 48.0 Å². The fraction of sp³-hybridized carbons (Fsp3) is 0.632. The van der Waals surface area contributed by atoms with Crippen molar-refractivity contribution in [1.29, 1.82) is 0 Å². The number of esters is 1. The summed E-state index contributed by atoms with van der Waals surface area (Å²) in [6.07, 6.45) is 4.49. The van der Waals surface area contributed by atoms with Gasteiger partial charge in [-0.2, -0.15) is 0 Å². The minimum atomic E-state index is -0.939. The van der Waals surface area contributed by atoms with Gasteiger partial charge in [0, 0.05) is 26.2 Å². The Morgan fingerprint density at radius 1 is 1.38 bits per heavy atom. The highest BCUT2D eigenvalue weighted by molar-refractivity contribution is 5.89. The van der Waals surface area contributed by atoms with Crippen LogP contribution in [0, 0.1) is 5.92 Å². The molecule has 0 unspecified atom stereocenters. The molecule has 0 bridgehead atoms. The summed E-state index contributed by atoms with van der Waals surface area (Å²) >= 11 is 0. The summed E-state index contributed by atoms with van der Waals surface area (Å²) in [6, 6.07) is 7.23. The third-order valence-corrected chi connectivity index (χ3v) is 4.91. The van der Waals surface area contributed by atoms with Gasteiger partial charge in [-0.1, -0.05) is 12.1 Å². The Labute approximate surface area is 144 Å². The third-order valence-electron chi connectivity index (χ3n) is 4.91. The number of rotatable bonds is 8. The lowest BCUT2D eigenvalue weighted by atomic mass is 9.74. The van der Waals surface area contributed by atoms with Crippen molar-refractivity contribution in [2.75, 3.05) is 33.9 Å². The molecule has 5 heteroatoms. The summed E-state index contributed by atoms with van der Waals surface area (Å²) in [4.78, 5) is 11.8. The molecule has 1 saturated heterocycles. The fourth-order valence-corrected chi connectivity index (χ4v) is 3.52. The molecule has 0 spiro atoms. The predicted octanol–water partition coefficient (Wildman–Crippen LogP) is 2.48. The molecule has 0 radical (unpaired) electrons. The van der Waals surface area contributed by atoms with Gasteiger partial charge in [-0.15, -0.1) is 0 Å². The van der Waals surface area contributed by atoms with Gasteiger partial charge in [-0.3, -0.25) is 0 Å². The molecule has 0 saturated carbocycles. The van der Waals surface area contributed by atoms with E-state index in [1.54, 1.807) is 19.2 Å². The molecule has 2 atom stereocenters. The van der Waals surface area contributed by atoms with E-state index in [9.17, 15) is 9.90 Å². The zero-order valence-corrected chi connectivity index (χ0v) is 14.7. The molecule has 0 aromatic heterocycles. The molecule has 2 N–H and O–H groups in total. The number of benzene rings is 1. The van der Waals surface area contributed by atoms with Crippen molar-refractivity contribution in [3.05, 3.63) is 35.4 Å². The Kier molecular flexibility index (Phi) is 7.21. The van der Waals surface area contributed by atoms with E-state index in [2.05, 4.69) is 5.32 Å². The number of nitrogens with one attached hydrogen (secondary N) is 1. The molecule has 0 amide bonds. The van der Waals surface area contributed by atoms with Gasteiger partial charge in [0.1, 0.15) is 0 Å². The summed E-state index contributed by atoms with van der Waals surface area (Å²) in [5.74, 6) is -0.234. The van der Waals surface area contributed by atoms with Gasteiger partial charge in [0.15, 0.2) is 0 Å². The second-order valence-electron chi connectivity index (χ2n) is 6.49. The zero-order valence-electron chi connectivity index (χ0n) is 14.7. The molecule has 1 heterocycles. The van der Waals surface area contributed by atoms with E-state index in [4.69, 9.17) is 9.47 Å². The highest BCUT2D eigenvalue weighted by Crippen LogP contribution is 2.38. The Morgan fingerprint density at radius 2 is 2.21 bits per heavy atom. The number of ether oxygens (including phenoxy) is 2. The van der Waals surface area contributed by atoms with E-state index in [1.807, 2.05) is 12.1 Å². The lowest BCUT2D eigenvalue weighted by Crippen LogP contribution is -2.44. The van der Waals surface area contributed by atoms with Crippen molar-refractivity contribution in [3.63, 3.8) is 0 Å². The maximum Gasteiger partial charge on any atom is 0.337 e. The number of methoxy groups -OCH3 is 2. The first-order valence-electron chi connectivity index (χ1n) is 8.72. The average Bonchev–Trinajstić information content (AvgIpc) is 2.65. The molecule has 0 aliphatic carbocycles. The molecular weight excluding hydrogens is 306 g/mol. The predicted molar refractivity (Wildman–Crippen MR) is 93.0 cm³/mol. The topological polar surface area (TPSA) is 67.8 Å². The molecular formula is C19H29NO4. The average molecular weight is 335 g/mol. The Bertz CT molecular complexity index is 528. The fourth-order valence-electron chi connectivity index (χ4n) is 3.52. The molecule has 1 aromatic carbocycles. The largest absolute Gasteiger partial charge is 0.465 e. The number of piperidine rings is 1. The van der Waals surface area contributed by atoms with Crippen molar-refractivity contribution in [2.24, 2.45) is 5.92 Å². The van der Waals surface area contributed by atoms with Gasteiger partial charge in [0.25, 0.3) is 0 Å². The molecule has 1 aromatic rings. The molecule has 2 rings (SSSR count). The molecule has 134 valence electrons. The standard InChI is InChI=1S/C19H29NO4/c1-23-12-4-3-10-19(22,17-9-6-11-20-14-17)16-8-5-7-15(13-16)18(21)24-2/h5,7-8,13,17,20,22H,3-4,6,9-12,14H2,1-2H3/t17-,19+/m1/s1. The van der Waals surface area contributed by atoms with Crippen molar-refractivity contribution in [1.82, 2.24) is 5.32 Å². The van der Waals surface area contributed by atoms with E-state index in [0.29, 0.717) is 18.6 Å². The van der Waals surface area contributed by atoms with Gasteiger partial charge < -0.3 is 19.9 Å².